The lowest BCUT2D eigenvalue weighted by atomic mass is 10.1. The van der Waals surface area contributed by atoms with Gasteiger partial charge in [-0.1, -0.05) is 36.4 Å². The Bertz CT molecular complexity index is 764. The predicted octanol–water partition coefficient (Wildman–Crippen LogP) is 3.04. The quantitative estimate of drug-likeness (QED) is 0.698. The van der Waals surface area contributed by atoms with Gasteiger partial charge in [0.15, 0.2) is 0 Å². The van der Waals surface area contributed by atoms with Gasteiger partial charge >= 0.3 is 0 Å². The van der Waals surface area contributed by atoms with Gasteiger partial charge in [0.1, 0.15) is 17.4 Å². The number of aromatic nitrogens is 2. The normalized spacial score (nSPS) is 10.5. The zero-order chi connectivity index (χ0) is 13.2. The van der Waals surface area contributed by atoms with Crippen molar-refractivity contribution < 1.29 is 0 Å². The summed E-state index contributed by atoms with van der Waals surface area (Å²) >= 11 is 0. The van der Waals surface area contributed by atoms with Gasteiger partial charge in [0.2, 0.25) is 0 Å². The van der Waals surface area contributed by atoms with Crippen LogP contribution in [0.3, 0.4) is 0 Å². The van der Waals surface area contributed by atoms with Crippen LogP contribution in [0.5, 0.6) is 0 Å². The molecule has 1 heterocycles. The maximum Gasteiger partial charge on any atom is 0.114 e. The van der Waals surface area contributed by atoms with Crippen LogP contribution in [0.1, 0.15) is 17.0 Å². The summed E-state index contributed by atoms with van der Waals surface area (Å²) in [6.07, 6.45) is 0.775. The fraction of sp³-hybridized carbons (Fsp3) is 0.125. The number of benzene rings is 2. The topological polar surface area (TPSA) is 41.6 Å². The second kappa shape index (κ2) is 4.58. The summed E-state index contributed by atoms with van der Waals surface area (Å²) in [6.45, 7) is 0. The minimum Gasteiger partial charge on any atom is -0.331 e. The standard InChI is InChI=1S/C16H13N3/c1-19-14-9-5-8-13(11-17)16(14)18-15(19)10-12-6-3-2-4-7-12/h2-9H,10H2,1H3. The third kappa shape index (κ3) is 1.98. The molecular formula is C16H13N3. The van der Waals surface area contributed by atoms with E-state index in [1.807, 2.05) is 43.4 Å². The van der Waals surface area contributed by atoms with E-state index < -0.39 is 0 Å². The summed E-state index contributed by atoms with van der Waals surface area (Å²) in [7, 11) is 1.99. The zero-order valence-electron chi connectivity index (χ0n) is 10.7. The first-order valence-corrected chi connectivity index (χ1v) is 6.18. The molecule has 0 saturated heterocycles. The second-order valence-electron chi connectivity index (χ2n) is 4.53. The van der Waals surface area contributed by atoms with Crippen molar-refractivity contribution in [3.05, 3.63) is 65.5 Å². The molecule has 2 aromatic carbocycles. The van der Waals surface area contributed by atoms with Crippen molar-refractivity contribution in [3.63, 3.8) is 0 Å². The summed E-state index contributed by atoms with van der Waals surface area (Å²) in [4.78, 5) is 4.62. The summed E-state index contributed by atoms with van der Waals surface area (Å²) in [5, 5.41) is 9.13. The second-order valence-corrected chi connectivity index (χ2v) is 4.53. The molecule has 0 amide bonds. The Kier molecular flexibility index (Phi) is 2.77. The lowest BCUT2D eigenvalue weighted by Gasteiger charge is -2.02. The summed E-state index contributed by atoms with van der Waals surface area (Å²) in [5.74, 6) is 0.976. The van der Waals surface area contributed by atoms with Crippen molar-refractivity contribution in [2.75, 3.05) is 0 Å². The van der Waals surface area contributed by atoms with E-state index in [4.69, 9.17) is 5.26 Å². The van der Waals surface area contributed by atoms with Crippen LogP contribution in [0.15, 0.2) is 48.5 Å². The molecule has 0 aliphatic carbocycles. The molecule has 0 unspecified atom stereocenters. The molecule has 0 atom stereocenters. The monoisotopic (exact) mass is 247 g/mol. The highest BCUT2D eigenvalue weighted by Gasteiger charge is 2.11. The molecule has 0 spiro atoms. The number of nitriles is 1. The molecule has 0 bridgehead atoms. The van der Waals surface area contributed by atoms with Gasteiger partial charge in [0.05, 0.1) is 11.1 Å². The van der Waals surface area contributed by atoms with Crippen LogP contribution in [-0.4, -0.2) is 9.55 Å². The molecule has 0 aliphatic heterocycles. The first-order chi connectivity index (χ1) is 9.29. The molecular weight excluding hydrogens is 234 g/mol. The van der Waals surface area contributed by atoms with Crippen molar-refractivity contribution >= 4 is 11.0 Å². The number of para-hydroxylation sites is 1. The smallest absolute Gasteiger partial charge is 0.114 e. The minimum atomic E-state index is 0.632. The molecule has 3 rings (SSSR count). The molecule has 92 valence electrons. The lowest BCUT2D eigenvalue weighted by Crippen LogP contribution is -1.98. The van der Waals surface area contributed by atoms with Crippen LogP contribution >= 0.6 is 0 Å². The molecule has 3 aromatic rings. The third-order valence-corrected chi connectivity index (χ3v) is 3.33. The largest absolute Gasteiger partial charge is 0.331 e. The Morgan fingerprint density at radius 1 is 1.11 bits per heavy atom. The van der Waals surface area contributed by atoms with Gasteiger partial charge in [0.25, 0.3) is 0 Å². The van der Waals surface area contributed by atoms with Gasteiger partial charge in [0, 0.05) is 13.5 Å². The lowest BCUT2D eigenvalue weighted by molar-refractivity contribution is 0.844. The Morgan fingerprint density at radius 2 is 1.89 bits per heavy atom. The van der Waals surface area contributed by atoms with Gasteiger partial charge < -0.3 is 4.57 Å². The van der Waals surface area contributed by atoms with E-state index in [9.17, 15) is 0 Å². The van der Waals surface area contributed by atoms with Crippen LogP contribution in [0.2, 0.25) is 0 Å². The minimum absolute atomic E-state index is 0.632. The molecule has 0 N–H and O–H groups in total. The number of rotatable bonds is 2. The SMILES string of the molecule is Cn1c(Cc2ccccc2)nc2c(C#N)cccc21. The van der Waals surface area contributed by atoms with Crippen molar-refractivity contribution in [1.82, 2.24) is 9.55 Å². The summed E-state index contributed by atoms with van der Waals surface area (Å²) in [5.41, 5.74) is 3.65. The Labute approximate surface area is 111 Å². The number of nitrogens with zero attached hydrogens (tertiary/aromatic N) is 3. The van der Waals surface area contributed by atoms with Gasteiger partial charge in [-0.3, -0.25) is 0 Å². The van der Waals surface area contributed by atoms with E-state index in [0.717, 1.165) is 23.3 Å². The highest BCUT2D eigenvalue weighted by atomic mass is 15.1. The van der Waals surface area contributed by atoms with E-state index in [-0.39, 0.29) is 0 Å². The maximum atomic E-state index is 9.13. The molecule has 19 heavy (non-hydrogen) atoms. The Morgan fingerprint density at radius 3 is 2.63 bits per heavy atom. The molecule has 0 saturated carbocycles. The third-order valence-electron chi connectivity index (χ3n) is 3.33. The Hall–Kier alpha value is -2.60. The molecule has 0 fully saturated rings. The number of aryl methyl sites for hydroxylation is 1. The highest BCUT2D eigenvalue weighted by molar-refractivity contribution is 5.82. The van der Waals surface area contributed by atoms with Crippen molar-refractivity contribution in [3.8, 4) is 6.07 Å². The number of imidazole rings is 1. The predicted molar refractivity (Wildman–Crippen MR) is 74.7 cm³/mol. The number of fused-ring (bicyclic) bond motifs is 1. The molecule has 1 aromatic heterocycles. The van der Waals surface area contributed by atoms with E-state index in [0.29, 0.717) is 5.56 Å². The first-order valence-electron chi connectivity index (χ1n) is 6.18. The van der Waals surface area contributed by atoms with Gasteiger partial charge in [-0.25, -0.2) is 4.98 Å². The fourth-order valence-electron chi connectivity index (χ4n) is 2.29. The molecule has 0 aliphatic rings. The molecule has 0 radical (unpaired) electrons. The first kappa shape index (κ1) is 11.5. The zero-order valence-corrected chi connectivity index (χ0v) is 10.7. The molecule has 3 heteroatoms. The van der Waals surface area contributed by atoms with Crippen molar-refractivity contribution in [2.24, 2.45) is 7.05 Å². The fourth-order valence-corrected chi connectivity index (χ4v) is 2.29. The Balaban J connectivity index is 2.11. The summed E-state index contributed by atoms with van der Waals surface area (Å²) in [6, 6.07) is 18.1. The van der Waals surface area contributed by atoms with Crippen molar-refractivity contribution in [2.45, 2.75) is 6.42 Å². The van der Waals surface area contributed by atoms with Gasteiger partial charge in [-0.05, 0) is 17.7 Å². The van der Waals surface area contributed by atoms with E-state index >= 15 is 0 Å². The van der Waals surface area contributed by atoms with E-state index in [2.05, 4.69) is 27.8 Å². The van der Waals surface area contributed by atoms with Gasteiger partial charge in [-0.2, -0.15) is 5.26 Å². The van der Waals surface area contributed by atoms with Crippen LogP contribution in [0.4, 0.5) is 0 Å². The number of hydrogen-bond acceptors (Lipinski definition) is 2. The van der Waals surface area contributed by atoms with Gasteiger partial charge in [-0.15, -0.1) is 0 Å². The summed E-state index contributed by atoms with van der Waals surface area (Å²) < 4.78 is 2.06. The maximum absolute atomic E-state index is 9.13. The average molecular weight is 247 g/mol. The van der Waals surface area contributed by atoms with E-state index in [1.165, 1.54) is 5.56 Å². The van der Waals surface area contributed by atoms with Crippen LogP contribution in [0, 0.1) is 11.3 Å². The average Bonchev–Trinajstić information content (AvgIpc) is 2.77. The van der Waals surface area contributed by atoms with Crippen LogP contribution in [0.25, 0.3) is 11.0 Å². The highest BCUT2D eigenvalue weighted by Crippen LogP contribution is 2.20. The van der Waals surface area contributed by atoms with E-state index in [1.54, 1.807) is 0 Å². The van der Waals surface area contributed by atoms with Crippen LogP contribution < -0.4 is 0 Å². The molecule has 3 nitrogen and oxygen atoms in total. The van der Waals surface area contributed by atoms with Crippen molar-refractivity contribution in [1.29, 1.82) is 5.26 Å². The van der Waals surface area contributed by atoms with Crippen LogP contribution in [-0.2, 0) is 13.5 Å². The number of hydrogen-bond donors (Lipinski definition) is 0.